The van der Waals surface area contributed by atoms with Crippen molar-refractivity contribution >= 4 is 68.7 Å². The maximum absolute atomic E-state index is 12.7. The van der Waals surface area contributed by atoms with Crippen molar-refractivity contribution in [3.05, 3.63) is 75.8 Å². The molecular formula is C23H20ClN3O2S2. The number of amides is 2. The van der Waals surface area contributed by atoms with Gasteiger partial charge in [0.25, 0.3) is 5.91 Å². The number of para-hydroxylation sites is 1. The highest BCUT2D eigenvalue weighted by atomic mass is 35.5. The van der Waals surface area contributed by atoms with Crippen molar-refractivity contribution in [3.8, 4) is 0 Å². The van der Waals surface area contributed by atoms with Crippen LogP contribution >= 0.6 is 35.6 Å². The number of carbonyl (C=O) groups is 2. The molecule has 0 unspecified atom stereocenters. The minimum atomic E-state index is -0.179. The SMILES string of the molecule is O=C(CCN1C(=O)C(=Cc2cccc(Cl)c2)SC1=S)NCCc1c[nH]c2ccccc12. The zero-order chi connectivity index (χ0) is 21.8. The van der Waals surface area contributed by atoms with Crippen molar-refractivity contribution in [3.63, 3.8) is 0 Å². The molecule has 31 heavy (non-hydrogen) atoms. The molecule has 0 bridgehead atoms. The topological polar surface area (TPSA) is 65.2 Å². The molecule has 4 rings (SSSR count). The van der Waals surface area contributed by atoms with Crippen molar-refractivity contribution < 1.29 is 9.59 Å². The van der Waals surface area contributed by atoms with Gasteiger partial charge in [-0.15, -0.1) is 0 Å². The summed E-state index contributed by atoms with van der Waals surface area (Å²) in [5.41, 5.74) is 3.09. The Morgan fingerprint density at radius 3 is 2.90 bits per heavy atom. The molecule has 1 aliphatic rings. The second-order valence-electron chi connectivity index (χ2n) is 7.10. The standard InChI is InChI=1S/C23H20ClN3O2S2/c24-17-5-3-4-15(12-17)13-20-22(29)27(23(30)31-20)11-9-21(28)25-10-8-16-14-26-19-7-2-1-6-18(16)19/h1-7,12-14,26H,8-11H2,(H,25,28). The first-order chi connectivity index (χ1) is 15.0. The zero-order valence-corrected chi connectivity index (χ0v) is 18.9. The van der Waals surface area contributed by atoms with Gasteiger partial charge in [-0.25, -0.2) is 0 Å². The molecule has 5 nitrogen and oxygen atoms in total. The van der Waals surface area contributed by atoms with Gasteiger partial charge in [0.2, 0.25) is 5.91 Å². The van der Waals surface area contributed by atoms with Crippen molar-refractivity contribution in [2.75, 3.05) is 13.1 Å². The predicted octanol–water partition coefficient (Wildman–Crippen LogP) is 4.77. The Labute approximate surface area is 194 Å². The Hall–Kier alpha value is -2.61. The molecule has 0 radical (unpaired) electrons. The van der Waals surface area contributed by atoms with Crippen LogP contribution in [0, 0.1) is 0 Å². The lowest BCUT2D eigenvalue weighted by atomic mass is 10.1. The number of carbonyl (C=O) groups excluding carboxylic acids is 2. The van der Waals surface area contributed by atoms with Gasteiger partial charge in [0.15, 0.2) is 0 Å². The number of halogens is 1. The number of aromatic amines is 1. The molecule has 1 fully saturated rings. The fraction of sp³-hybridized carbons (Fsp3) is 0.174. The molecule has 3 aromatic rings. The number of benzene rings is 2. The number of thioether (sulfide) groups is 1. The molecule has 1 aromatic heterocycles. The van der Waals surface area contributed by atoms with Crippen molar-refractivity contribution in [1.29, 1.82) is 0 Å². The monoisotopic (exact) mass is 469 g/mol. The number of aromatic nitrogens is 1. The number of hydrogen-bond acceptors (Lipinski definition) is 4. The van der Waals surface area contributed by atoms with E-state index in [9.17, 15) is 9.59 Å². The van der Waals surface area contributed by atoms with E-state index < -0.39 is 0 Å². The second kappa shape index (κ2) is 9.68. The van der Waals surface area contributed by atoms with Gasteiger partial charge in [-0.05, 0) is 41.8 Å². The van der Waals surface area contributed by atoms with E-state index in [2.05, 4.69) is 16.4 Å². The molecule has 2 aromatic carbocycles. The summed E-state index contributed by atoms with van der Waals surface area (Å²) in [5, 5.41) is 4.70. The smallest absolute Gasteiger partial charge is 0.266 e. The number of fused-ring (bicyclic) bond motifs is 1. The van der Waals surface area contributed by atoms with Crippen LogP contribution in [0.2, 0.25) is 5.02 Å². The number of nitrogens with one attached hydrogen (secondary N) is 2. The number of nitrogens with zero attached hydrogens (tertiary/aromatic N) is 1. The fourth-order valence-corrected chi connectivity index (χ4v) is 4.92. The largest absolute Gasteiger partial charge is 0.361 e. The Balaban J connectivity index is 1.28. The highest BCUT2D eigenvalue weighted by Gasteiger charge is 2.32. The Kier molecular flexibility index (Phi) is 6.75. The Morgan fingerprint density at radius 1 is 1.23 bits per heavy atom. The normalized spacial score (nSPS) is 15.3. The van der Waals surface area contributed by atoms with E-state index in [1.807, 2.05) is 36.5 Å². The van der Waals surface area contributed by atoms with E-state index >= 15 is 0 Å². The third-order valence-electron chi connectivity index (χ3n) is 4.97. The minimum absolute atomic E-state index is 0.104. The zero-order valence-electron chi connectivity index (χ0n) is 16.6. The molecule has 2 amide bonds. The average molecular weight is 470 g/mol. The summed E-state index contributed by atoms with van der Waals surface area (Å²) in [6.07, 6.45) is 4.68. The van der Waals surface area contributed by atoms with Crippen LogP contribution in [-0.2, 0) is 16.0 Å². The highest BCUT2D eigenvalue weighted by molar-refractivity contribution is 8.26. The number of H-pyrrole nitrogens is 1. The van der Waals surface area contributed by atoms with Crippen molar-refractivity contribution in [2.45, 2.75) is 12.8 Å². The molecule has 8 heteroatoms. The lowest BCUT2D eigenvalue weighted by Crippen LogP contribution is -2.34. The summed E-state index contributed by atoms with van der Waals surface area (Å²) in [6.45, 7) is 0.796. The quantitative estimate of drug-likeness (QED) is 0.386. The van der Waals surface area contributed by atoms with Gasteiger partial charge in [0.05, 0.1) is 4.91 Å². The van der Waals surface area contributed by atoms with Gasteiger partial charge in [0.1, 0.15) is 4.32 Å². The summed E-state index contributed by atoms with van der Waals surface area (Å²) in [6, 6.07) is 15.4. The molecule has 1 aliphatic heterocycles. The fourth-order valence-electron chi connectivity index (χ4n) is 3.42. The van der Waals surface area contributed by atoms with Crippen LogP contribution in [0.1, 0.15) is 17.5 Å². The lowest BCUT2D eigenvalue weighted by molar-refractivity contribution is -0.123. The molecule has 2 heterocycles. The first kappa shape index (κ1) is 21.6. The number of thiocarbonyl (C=S) groups is 1. The van der Waals surface area contributed by atoms with Gasteiger partial charge >= 0.3 is 0 Å². The lowest BCUT2D eigenvalue weighted by Gasteiger charge is -2.14. The minimum Gasteiger partial charge on any atom is -0.361 e. The molecule has 0 aliphatic carbocycles. The van der Waals surface area contributed by atoms with Crippen LogP contribution in [0.15, 0.2) is 59.6 Å². The van der Waals surface area contributed by atoms with Crippen molar-refractivity contribution in [2.24, 2.45) is 0 Å². The van der Waals surface area contributed by atoms with E-state index in [1.165, 1.54) is 27.6 Å². The Morgan fingerprint density at radius 2 is 2.06 bits per heavy atom. The van der Waals surface area contributed by atoms with Crippen LogP contribution < -0.4 is 5.32 Å². The summed E-state index contributed by atoms with van der Waals surface area (Å²) >= 11 is 12.6. The van der Waals surface area contributed by atoms with Crippen LogP contribution in [0.4, 0.5) is 0 Å². The molecular weight excluding hydrogens is 450 g/mol. The molecule has 0 saturated carbocycles. The van der Waals surface area contributed by atoms with Gasteiger partial charge < -0.3 is 10.3 Å². The maximum atomic E-state index is 12.7. The van der Waals surface area contributed by atoms with Crippen LogP contribution in [-0.4, -0.2) is 39.1 Å². The molecule has 1 saturated heterocycles. The van der Waals surface area contributed by atoms with Crippen LogP contribution in [0.25, 0.3) is 17.0 Å². The number of hydrogen-bond donors (Lipinski definition) is 2. The first-order valence-corrected chi connectivity index (χ1v) is 11.4. The summed E-state index contributed by atoms with van der Waals surface area (Å²) in [5.74, 6) is -0.283. The Bertz CT molecular complexity index is 1190. The van der Waals surface area contributed by atoms with E-state index in [0.29, 0.717) is 20.8 Å². The van der Waals surface area contributed by atoms with Gasteiger partial charge in [0, 0.05) is 41.6 Å². The van der Waals surface area contributed by atoms with Crippen LogP contribution in [0.3, 0.4) is 0 Å². The third kappa shape index (κ3) is 5.18. The summed E-state index contributed by atoms with van der Waals surface area (Å²) < 4.78 is 0.463. The summed E-state index contributed by atoms with van der Waals surface area (Å²) in [7, 11) is 0. The van der Waals surface area contributed by atoms with E-state index in [-0.39, 0.29) is 24.8 Å². The second-order valence-corrected chi connectivity index (χ2v) is 9.21. The number of rotatable bonds is 7. The van der Waals surface area contributed by atoms with Gasteiger partial charge in [-0.1, -0.05) is 65.9 Å². The molecule has 0 spiro atoms. The molecule has 2 N–H and O–H groups in total. The highest BCUT2D eigenvalue weighted by Crippen LogP contribution is 2.32. The third-order valence-corrected chi connectivity index (χ3v) is 6.59. The summed E-state index contributed by atoms with van der Waals surface area (Å²) in [4.78, 5) is 30.2. The van der Waals surface area contributed by atoms with Crippen molar-refractivity contribution in [1.82, 2.24) is 15.2 Å². The average Bonchev–Trinajstić information content (AvgIpc) is 3.27. The maximum Gasteiger partial charge on any atom is 0.266 e. The van der Waals surface area contributed by atoms with E-state index in [0.717, 1.165) is 17.5 Å². The molecule has 0 atom stereocenters. The first-order valence-electron chi connectivity index (χ1n) is 9.84. The van der Waals surface area contributed by atoms with Gasteiger partial charge in [-0.3, -0.25) is 14.5 Å². The van der Waals surface area contributed by atoms with E-state index in [1.54, 1.807) is 18.2 Å². The van der Waals surface area contributed by atoms with E-state index in [4.69, 9.17) is 23.8 Å². The molecule has 158 valence electrons. The van der Waals surface area contributed by atoms with Gasteiger partial charge in [-0.2, -0.15) is 0 Å². The predicted molar refractivity (Wildman–Crippen MR) is 131 cm³/mol. The van der Waals surface area contributed by atoms with Crippen LogP contribution in [0.5, 0.6) is 0 Å².